The number of nitrogens with one attached hydrogen (secondary N) is 1. The van der Waals surface area contributed by atoms with Crippen LogP contribution in [0.3, 0.4) is 0 Å². The number of hydrogen-bond donors (Lipinski definition) is 2. The van der Waals surface area contributed by atoms with Gasteiger partial charge in [0.25, 0.3) is 0 Å². The number of aromatic nitrogens is 2. The summed E-state index contributed by atoms with van der Waals surface area (Å²) < 4.78 is 2.17. The van der Waals surface area contributed by atoms with Crippen LogP contribution in [0.15, 0.2) is 12.5 Å². The van der Waals surface area contributed by atoms with Gasteiger partial charge >= 0.3 is 0 Å². The van der Waals surface area contributed by atoms with Crippen molar-refractivity contribution in [2.75, 3.05) is 0 Å². The van der Waals surface area contributed by atoms with E-state index >= 15 is 0 Å². The molecule has 1 rings (SSSR count). The van der Waals surface area contributed by atoms with Gasteiger partial charge in [-0.15, -0.1) is 0 Å². The Morgan fingerprint density at radius 2 is 2.25 bits per heavy atom. The van der Waals surface area contributed by atoms with E-state index in [1.807, 2.05) is 19.4 Å². The number of aryl methyl sites for hydroxylation is 1. The highest BCUT2D eigenvalue weighted by atomic mass is 16.3. The molecule has 4 heteroatoms. The molecule has 0 aliphatic rings. The van der Waals surface area contributed by atoms with Crippen molar-refractivity contribution in [3.8, 4) is 0 Å². The summed E-state index contributed by atoms with van der Waals surface area (Å²) in [6.07, 6.45) is 5.43. The molecule has 2 atom stereocenters. The van der Waals surface area contributed by atoms with Gasteiger partial charge in [0.15, 0.2) is 0 Å². The molecule has 2 N–H and O–H groups in total. The number of nitrogens with zero attached hydrogens (tertiary/aromatic N) is 2. The van der Waals surface area contributed by atoms with Crippen molar-refractivity contribution in [2.24, 2.45) is 0 Å². The first kappa shape index (κ1) is 13.2. The molecule has 0 amide bonds. The molecule has 1 heterocycles. The lowest BCUT2D eigenvalue weighted by atomic mass is 10.1. The van der Waals surface area contributed by atoms with E-state index in [0.717, 1.165) is 25.9 Å². The Hall–Kier alpha value is -0.870. The first-order chi connectivity index (χ1) is 7.63. The van der Waals surface area contributed by atoms with E-state index in [2.05, 4.69) is 28.7 Å². The molecule has 4 nitrogen and oxygen atoms in total. The van der Waals surface area contributed by atoms with Gasteiger partial charge in [-0.05, 0) is 26.7 Å². The second-order valence-electron chi connectivity index (χ2n) is 4.45. The largest absolute Gasteiger partial charge is 0.393 e. The van der Waals surface area contributed by atoms with Crippen LogP contribution in [-0.4, -0.2) is 26.8 Å². The topological polar surface area (TPSA) is 50.1 Å². The van der Waals surface area contributed by atoms with Crippen molar-refractivity contribution in [1.29, 1.82) is 0 Å². The molecule has 0 bridgehead atoms. The molecular weight excluding hydrogens is 202 g/mol. The van der Waals surface area contributed by atoms with Crippen LogP contribution in [0.25, 0.3) is 0 Å². The van der Waals surface area contributed by atoms with Crippen molar-refractivity contribution < 1.29 is 5.11 Å². The fourth-order valence-corrected chi connectivity index (χ4v) is 1.81. The fraction of sp³-hybridized carbons (Fsp3) is 0.750. The van der Waals surface area contributed by atoms with Gasteiger partial charge < -0.3 is 15.0 Å². The van der Waals surface area contributed by atoms with E-state index < -0.39 is 0 Å². The summed E-state index contributed by atoms with van der Waals surface area (Å²) in [7, 11) is 0. The van der Waals surface area contributed by atoms with Crippen LogP contribution in [0, 0.1) is 0 Å². The van der Waals surface area contributed by atoms with Crippen LogP contribution in [0.2, 0.25) is 0 Å². The molecule has 0 fully saturated rings. The van der Waals surface area contributed by atoms with Crippen LogP contribution in [0.5, 0.6) is 0 Å². The van der Waals surface area contributed by atoms with Gasteiger partial charge in [-0.1, -0.05) is 6.92 Å². The minimum Gasteiger partial charge on any atom is -0.393 e. The highest BCUT2D eigenvalue weighted by Gasteiger charge is 2.07. The Morgan fingerprint density at radius 1 is 1.50 bits per heavy atom. The molecule has 2 unspecified atom stereocenters. The molecule has 0 radical (unpaired) electrons. The Kier molecular flexibility index (Phi) is 5.49. The van der Waals surface area contributed by atoms with Crippen molar-refractivity contribution in [3.63, 3.8) is 0 Å². The predicted octanol–water partition coefficient (Wildman–Crippen LogP) is 1.54. The third-order valence-corrected chi connectivity index (χ3v) is 2.59. The van der Waals surface area contributed by atoms with Crippen LogP contribution in [0.1, 0.15) is 39.3 Å². The molecule has 0 aliphatic heterocycles. The summed E-state index contributed by atoms with van der Waals surface area (Å²) in [4.78, 5) is 4.15. The highest BCUT2D eigenvalue weighted by molar-refractivity contribution is 4.98. The monoisotopic (exact) mass is 225 g/mol. The Morgan fingerprint density at radius 3 is 2.88 bits per heavy atom. The lowest BCUT2D eigenvalue weighted by Crippen LogP contribution is -2.29. The molecule has 0 saturated carbocycles. The van der Waals surface area contributed by atoms with Gasteiger partial charge in [-0.25, -0.2) is 4.98 Å². The van der Waals surface area contributed by atoms with Crippen molar-refractivity contribution in [3.05, 3.63) is 18.2 Å². The van der Waals surface area contributed by atoms with Crippen LogP contribution < -0.4 is 5.32 Å². The highest BCUT2D eigenvalue weighted by Crippen LogP contribution is 2.03. The smallest absolute Gasteiger partial charge is 0.0948 e. The molecule has 16 heavy (non-hydrogen) atoms. The third kappa shape index (κ3) is 4.33. The van der Waals surface area contributed by atoms with Gasteiger partial charge in [0, 0.05) is 25.3 Å². The van der Waals surface area contributed by atoms with Crippen molar-refractivity contribution in [2.45, 2.75) is 58.8 Å². The van der Waals surface area contributed by atoms with E-state index in [1.165, 1.54) is 5.69 Å². The van der Waals surface area contributed by atoms with Gasteiger partial charge in [0.1, 0.15) is 0 Å². The first-order valence-corrected chi connectivity index (χ1v) is 6.04. The van der Waals surface area contributed by atoms with Gasteiger partial charge in [-0.3, -0.25) is 0 Å². The van der Waals surface area contributed by atoms with Crippen LogP contribution in [-0.2, 0) is 13.1 Å². The average molecular weight is 225 g/mol. The number of rotatable bonds is 7. The number of aliphatic hydroxyl groups excluding tert-OH is 1. The Balaban J connectivity index is 2.38. The minimum atomic E-state index is -0.247. The van der Waals surface area contributed by atoms with E-state index in [0.29, 0.717) is 6.04 Å². The van der Waals surface area contributed by atoms with Gasteiger partial charge in [0.2, 0.25) is 0 Å². The minimum absolute atomic E-state index is 0.247. The van der Waals surface area contributed by atoms with Crippen LogP contribution in [0.4, 0.5) is 0 Å². The fourth-order valence-electron chi connectivity index (χ4n) is 1.81. The van der Waals surface area contributed by atoms with Crippen molar-refractivity contribution >= 4 is 0 Å². The van der Waals surface area contributed by atoms with E-state index in [9.17, 15) is 5.11 Å². The normalized spacial score (nSPS) is 15.0. The summed E-state index contributed by atoms with van der Waals surface area (Å²) in [5.74, 6) is 0. The number of aliphatic hydroxyl groups is 1. The molecule has 0 spiro atoms. The summed E-state index contributed by atoms with van der Waals surface area (Å²) in [5.41, 5.74) is 1.21. The zero-order valence-electron chi connectivity index (χ0n) is 10.5. The average Bonchev–Trinajstić information content (AvgIpc) is 2.62. The molecule has 1 aromatic heterocycles. The Labute approximate surface area is 97.7 Å². The maximum absolute atomic E-state index is 9.26. The quantitative estimate of drug-likeness (QED) is 0.740. The zero-order valence-corrected chi connectivity index (χ0v) is 10.5. The summed E-state index contributed by atoms with van der Waals surface area (Å²) in [6.45, 7) is 7.90. The number of imidazole rings is 1. The second kappa shape index (κ2) is 6.66. The molecule has 0 saturated heterocycles. The van der Waals surface area contributed by atoms with E-state index in [4.69, 9.17) is 0 Å². The summed E-state index contributed by atoms with van der Waals surface area (Å²) >= 11 is 0. The number of hydrogen-bond acceptors (Lipinski definition) is 3. The first-order valence-electron chi connectivity index (χ1n) is 6.04. The Bertz CT molecular complexity index is 296. The molecular formula is C12H23N3O. The van der Waals surface area contributed by atoms with Gasteiger partial charge in [0.05, 0.1) is 18.1 Å². The maximum atomic E-state index is 9.26. The van der Waals surface area contributed by atoms with Crippen molar-refractivity contribution in [1.82, 2.24) is 14.9 Å². The summed E-state index contributed by atoms with van der Waals surface area (Å²) in [6, 6.07) is 0.324. The SMILES string of the molecule is CCCn1cncc1CNC(C)CC(C)O. The van der Waals surface area contributed by atoms with E-state index in [1.54, 1.807) is 0 Å². The summed E-state index contributed by atoms with van der Waals surface area (Å²) in [5, 5.41) is 12.7. The third-order valence-electron chi connectivity index (χ3n) is 2.59. The standard InChI is InChI=1S/C12H23N3O/c1-4-5-15-9-13-7-12(15)8-14-10(2)6-11(3)16/h7,9-11,14,16H,4-6,8H2,1-3H3. The second-order valence-corrected chi connectivity index (χ2v) is 4.45. The zero-order chi connectivity index (χ0) is 12.0. The molecule has 92 valence electrons. The molecule has 1 aromatic rings. The maximum Gasteiger partial charge on any atom is 0.0948 e. The lowest BCUT2D eigenvalue weighted by molar-refractivity contribution is 0.170. The predicted molar refractivity (Wildman–Crippen MR) is 65.1 cm³/mol. The van der Waals surface area contributed by atoms with Crippen LogP contribution >= 0.6 is 0 Å². The molecule has 0 aromatic carbocycles. The lowest BCUT2D eigenvalue weighted by Gasteiger charge is -2.16. The van der Waals surface area contributed by atoms with E-state index in [-0.39, 0.29) is 6.10 Å². The molecule has 0 aliphatic carbocycles. The van der Waals surface area contributed by atoms with Gasteiger partial charge in [-0.2, -0.15) is 0 Å².